The first-order valence-electron chi connectivity index (χ1n) is 11.3. The molecule has 2 aliphatic heterocycles. The largest absolute Gasteiger partial charge is 0.466 e. The molecule has 2 saturated heterocycles. The SMILES string of the molecule is CC#CCn1c(N2CCNCC2)nc2nc(N3CCC[C@@H](C(=O)OCC)C3)n(C)c(=O)c21. The molecule has 10 nitrogen and oxygen atoms in total. The van der Waals surface area contributed by atoms with Crippen molar-refractivity contribution >= 4 is 29.0 Å². The predicted octanol–water partition coefficient (Wildman–Crippen LogP) is 0.342. The summed E-state index contributed by atoms with van der Waals surface area (Å²) in [6.07, 6.45) is 1.62. The van der Waals surface area contributed by atoms with Crippen LogP contribution in [0.1, 0.15) is 26.7 Å². The Labute approximate surface area is 187 Å². The third kappa shape index (κ3) is 4.17. The molecule has 4 heterocycles. The summed E-state index contributed by atoms with van der Waals surface area (Å²) in [4.78, 5) is 39.5. The van der Waals surface area contributed by atoms with Crippen molar-refractivity contribution in [3.05, 3.63) is 10.4 Å². The van der Waals surface area contributed by atoms with Gasteiger partial charge in [-0.1, -0.05) is 5.92 Å². The van der Waals surface area contributed by atoms with Gasteiger partial charge in [0.25, 0.3) is 5.56 Å². The van der Waals surface area contributed by atoms with E-state index in [0.717, 1.165) is 51.5 Å². The number of nitrogens with zero attached hydrogens (tertiary/aromatic N) is 6. The van der Waals surface area contributed by atoms with Gasteiger partial charge >= 0.3 is 5.97 Å². The highest BCUT2D eigenvalue weighted by molar-refractivity contribution is 5.76. The second-order valence-electron chi connectivity index (χ2n) is 8.15. The molecule has 0 unspecified atom stereocenters. The minimum Gasteiger partial charge on any atom is -0.466 e. The number of fused-ring (bicyclic) bond motifs is 1. The minimum atomic E-state index is -0.218. The van der Waals surface area contributed by atoms with Gasteiger partial charge in [0.2, 0.25) is 11.9 Å². The Kier molecular flexibility index (Phi) is 6.65. The van der Waals surface area contributed by atoms with Gasteiger partial charge in [-0.05, 0) is 26.7 Å². The molecule has 0 spiro atoms. The molecule has 0 radical (unpaired) electrons. The monoisotopic (exact) mass is 441 g/mol. The Bertz CT molecular complexity index is 1100. The Morgan fingerprint density at radius 1 is 1.19 bits per heavy atom. The summed E-state index contributed by atoms with van der Waals surface area (Å²) < 4.78 is 8.67. The third-order valence-electron chi connectivity index (χ3n) is 6.08. The molecule has 2 aromatic heterocycles. The van der Waals surface area contributed by atoms with E-state index in [9.17, 15) is 9.59 Å². The van der Waals surface area contributed by atoms with E-state index in [4.69, 9.17) is 14.7 Å². The average molecular weight is 442 g/mol. The highest BCUT2D eigenvalue weighted by Gasteiger charge is 2.30. The summed E-state index contributed by atoms with van der Waals surface area (Å²) in [7, 11) is 1.73. The van der Waals surface area contributed by atoms with Crippen LogP contribution in [0.25, 0.3) is 11.2 Å². The zero-order valence-electron chi connectivity index (χ0n) is 19.1. The predicted molar refractivity (Wildman–Crippen MR) is 123 cm³/mol. The minimum absolute atomic E-state index is 0.157. The molecular weight excluding hydrogens is 410 g/mol. The molecule has 0 aliphatic carbocycles. The average Bonchev–Trinajstić information content (AvgIpc) is 3.19. The number of aromatic nitrogens is 4. The highest BCUT2D eigenvalue weighted by atomic mass is 16.5. The lowest BCUT2D eigenvalue weighted by molar-refractivity contribution is -0.148. The summed E-state index contributed by atoms with van der Waals surface area (Å²) in [6, 6.07) is 0. The van der Waals surface area contributed by atoms with Crippen LogP contribution < -0.4 is 20.7 Å². The number of carbonyl (C=O) groups is 1. The Morgan fingerprint density at radius 2 is 1.94 bits per heavy atom. The molecule has 0 amide bonds. The molecule has 2 aromatic rings. The van der Waals surface area contributed by atoms with Crippen LogP contribution in [0.15, 0.2) is 4.79 Å². The smallest absolute Gasteiger partial charge is 0.310 e. The standard InChI is InChI=1S/C22H31N7O3/c1-4-6-12-29-17-18(25-22(29)27-13-9-23-10-14-27)24-21(26(3)19(17)30)28-11-7-8-16(15-28)20(31)32-5-2/h16,23H,5,7-15H2,1-3H3/t16-/m1/s1. The molecule has 0 bridgehead atoms. The van der Waals surface area contributed by atoms with Crippen molar-refractivity contribution in [1.29, 1.82) is 0 Å². The van der Waals surface area contributed by atoms with Crippen LogP contribution in [0.4, 0.5) is 11.9 Å². The number of nitrogens with one attached hydrogen (secondary N) is 1. The number of piperazine rings is 1. The van der Waals surface area contributed by atoms with E-state index < -0.39 is 0 Å². The van der Waals surface area contributed by atoms with E-state index >= 15 is 0 Å². The van der Waals surface area contributed by atoms with E-state index in [0.29, 0.717) is 36.8 Å². The van der Waals surface area contributed by atoms with Gasteiger partial charge in [0.15, 0.2) is 11.2 Å². The second-order valence-corrected chi connectivity index (χ2v) is 8.15. The molecule has 0 aromatic carbocycles. The maximum atomic E-state index is 13.5. The number of hydrogen-bond acceptors (Lipinski definition) is 8. The van der Waals surface area contributed by atoms with Gasteiger partial charge in [-0.2, -0.15) is 9.97 Å². The maximum absolute atomic E-state index is 13.5. The van der Waals surface area contributed by atoms with E-state index in [1.165, 1.54) is 0 Å². The lowest BCUT2D eigenvalue weighted by atomic mass is 9.98. The molecular formula is C22H31N7O3. The van der Waals surface area contributed by atoms with Gasteiger partial charge in [-0.25, -0.2) is 0 Å². The summed E-state index contributed by atoms with van der Waals surface area (Å²) in [5.41, 5.74) is 0.731. The van der Waals surface area contributed by atoms with Crippen molar-refractivity contribution in [2.75, 3.05) is 55.7 Å². The molecule has 0 saturated carbocycles. The van der Waals surface area contributed by atoms with Crippen LogP contribution in [-0.4, -0.2) is 70.9 Å². The van der Waals surface area contributed by atoms with Crippen LogP contribution in [0.2, 0.25) is 0 Å². The lowest BCUT2D eigenvalue weighted by Crippen LogP contribution is -2.44. The Balaban J connectivity index is 1.75. The van der Waals surface area contributed by atoms with Gasteiger partial charge in [-0.3, -0.25) is 18.7 Å². The first-order valence-corrected chi connectivity index (χ1v) is 11.3. The summed E-state index contributed by atoms with van der Waals surface area (Å²) in [5, 5.41) is 3.34. The summed E-state index contributed by atoms with van der Waals surface area (Å²) in [6.45, 7) is 8.91. The fourth-order valence-corrected chi connectivity index (χ4v) is 4.45. The number of carbonyl (C=O) groups excluding carboxylic acids is 1. The van der Waals surface area contributed by atoms with Crippen LogP contribution in [0.5, 0.6) is 0 Å². The van der Waals surface area contributed by atoms with Gasteiger partial charge in [0, 0.05) is 46.3 Å². The van der Waals surface area contributed by atoms with Crippen molar-refractivity contribution < 1.29 is 9.53 Å². The normalized spacial score (nSPS) is 19.0. The van der Waals surface area contributed by atoms with E-state index in [2.05, 4.69) is 22.1 Å². The molecule has 1 atom stereocenters. The fourth-order valence-electron chi connectivity index (χ4n) is 4.45. The Hall–Kier alpha value is -3.06. The number of rotatable bonds is 5. The number of imidazole rings is 1. The quantitative estimate of drug-likeness (QED) is 0.524. The highest BCUT2D eigenvalue weighted by Crippen LogP contribution is 2.25. The van der Waals surface area contributed by atoms with Crippen molar-refractivity contribution in [3.63, 3.8) is 0 Å². The molecule has 2 fully saturated rings. The summed E-state index contributed by atoms with van der Waals surface area (Å²) >= 11 is 0. The second kappa shape index (κ2) is 9.61. The van der Waals surface area contributed by atoms with Crippen molar-refractivity contribution in [2.45, 2.75) is 33.2 Å². The third-order valence-corrected chi connectivity index (χ3v) is 6.08. The maximum Gasteiger partial charge on any atom is 0.310 e. The number of anilines is 2. The fraction of sp³-hybridized carbons (Fsp3) is 0.636. The number of esters is 1. The molecule has 4 rings (SSSR count). The molecule has 172 valence electrons. The van der Waals surface area contributed by atoms with Gasteiger partial charge in [0.1, 0.15) is 0 Å². The van der Waals surface area contributed by atoms with Crippen LogP contribution in [0.3, 0.4) is 0 Å². The number of piperidine rings is 1. The zero-order chi connectivity index (χ0) is 22.7. The van der Waals surface area contributed by atoms with Gasteiger partial charge < -0.3 is 19.9 Å². The number of hydrogen-bond donors (Lipinski definition) is 1. The zero-order valence-corrected chi connectivity index (χ0v) is 19.1. The van der Waals surface area contributed by atoms with Gasteiger partial charge in [0.05, 0.1) is 19.1 Å². The molecule has 32 heavy (non-hydrogen) atoms. The lowest BCUT2D eigenvalue weighted by Gasteiger charge is -2.32. The Morgan fingerprint density at radius 3 is 2.66 bits per heavy atom. The van der Waals surface area contributed by atoms with E-state index in [-0.39, 0.29) is 17.4 Å². The van der Waals surface area contributed by atoms with E-state index in [1.807, 2.05) is 16.4 Å². The topological polar surface area (TPSA) is 97.5 Å². The van der Waals surface area contributed by atoms with Crippen molar-refractivity contribution in [1.82, 2.24) is 24.4 Å². The van der Waals surface area contributed by atoms with Crippen LogP contribution in [0, 0.1) is 17.8 Å². The van der Waals surface area contributed by atoms with Gasteiger partial charge in [-0.15, -0.1) is 5.92 Å². The first-order chi connectivity index (χ1) is 15.5. The van der Waals surface area contributed by atoms with Crippen LogP contribution >= 0.6 is 0 Å². The molecule has 2 aliphatic rings. The van der Waals surface area contributed by atoms with Crippen molar-refractivity contribution in [2.24, 2.45) is 13.0 Å². The summed E-state index contributed by atoms with van der Waals surface area (Å²) in [5.74, 6) is 6.84. The first kappa shape index (κ1) is 22.1. The van der Waals surface area contributed by atoms with Crippen molar-refractivity contribution in [3.8, 4) is 11.8 Å². The van der Waals surface area contributed by atoms with Crippen LogP contribution in [-0.2, 0) is 23.1 Å². The van der Waals surface area contributed by atoms with E-state index in [1.54, 1.807) is 18.5 Å². The molecule has 10 heteroatoms. The molecule has 1 N–H and O–H groups in total. The number of ether oxygens (including phenoxy) is 1.